The summed E-state index contributed by atoms with van der Waals surface area (Å²) >= 11 is 4.18. The van der Waals surface area contributed by atoms with Crippen LogP contribution in [0.15, 0.2) is 33.8 Å². The summed E-state index contributed by atoms with van der Waals surface area (Å²) < 4.78 is 37.5. The number of carboxylic acid groups (broad SMARTS) is 2. The van der Waals surface area contributed by atoms with E-state index in [9.17, 15) is 37.8 Å². The van der Waals surface area contributed by atoms with E-state index in [-0.39, 0.29) is 18.1 Å². The number of carbonyl (C=O) groups is 4. The number of ether oxygens (including phenoxy) is 1. The molecule has 1 aromatic carbocycles. The van der Waals surface area contributed by atoms with Gasteiger partial charge in [0.1, 0.15) is 33.9 Å². The van der Waals surface area contributed by atoms with Crippen LogP contribution in [-0.4, -0.2) is 90.4 Å². The van der Waals surface area contributed by atoms with Gasteiger partial charge >= 0.3 is 18.1 Å². The number of nitrogens with zero attached hydrogens (tertiary/aromatic N) is 3. The van der Waals surface area contributed by atoms with Crippen molar-refractivity contribution >= 4 is 58.6 Å². The Balaban J connectivity index is 0.000000616. The Morgan fingerprint density at radius 1 is 1.29 bits per heavy atom. The summed E-state index contributed by atoms with van der Waals surface area (Å²) in [4.78, 5) is 47.8. The van der Waals surface area contributed by atoms with Crippen molar-refractivity contribution in [1.82, 2.24) is 20.4 Å². The molecule has 6 N–H and O–H groups in total. The summed E-state index contributed by atoms with van der Waals surface area (Å²) in [6.45, 7) is 1.98. The Labute approximate surface area is 248 Å². The molecule has 1 fully saturated rings. The second-order valence-electron chi connectivity index (χ2n) is 8.63. The number of carbonyl (C=O) groups excluding carboxylic acids is 2. The largest absolute Gasteiger partial charge is 0.508 e. The number of fused-ring (bicyclic) bond motifs is 1. The Kier molecular flexibility index (Phi) is 10.8. The number of hydrogen-bond acceptors (Lipinski definition) is 12. The van der Waals surface area contributed by atoms with Gasteiger partial charge < -0.3 is 31.1 Å². The molecule has 1 aromatic heterocycles. The molecule has 2 aromatic rings. The highest BCUT2D eigenvalue weighted by atomic mass is 32.2. The van der Waals surface area contributed by atoms with E-state index in [4.69, 9.17) is 20.4 Å². The second-order valence-corrected chi connectivity index (χ2v) is 12.1. The van der Waals surface area contributed by atoms with Crippen LogP contribution in [-0.2, 0) is 30.5 Å². The number of methoxy groups -OCH3 is 1. The first-order valence-electron chi connectivity index (χ1n) is 11.6. The predicted molar refractivity (Wildman–Crippen MR) is 144 cm³/mol. The fourth-order valence-corrected chi connectivity index (χ4v) is 7.04. The SMILES string of the molecule is COCc1cc(C(N)C(=O)NC2C(=O)N3C(C(=O)O)=C(CSc4nnc(C)s4)CSC23)ccc1O.O=C(O)C(F)(F)F. The number of nitrogens with one attached hydrogen (secondary N) is 1. The van der Waals surface area contributed by atoms with Crippen LogP contribution in [0.1, 0.15) is 22.2 Å². The number of benzene rings is 1. The van der Waals surface area contributed by atoms with Crippen LogP contribution in [0, 0.1) is 6.92 Å². The molecule has 42 heavy (non-hydrogen) atoms. The van der Waals surface area contributed by atoms with Gasteiger partial charge in [-0.1, -0.05) is 29.2 Å². The number of aromatic hydroxyl groups is 1. The monoisotopic (exact) mass is 651 g/mol. The Bertz CT molecular complexity index is 1400. The topological polar surface area (TPSA) is 205 Å². The van der Waals surface area contributed by atoms with E-state index < -0.39 is 47.4 Å². The van der Waals surface area contributed by atoms with Crippen LogP contribution in [0.25, 0.3) is 0 Å². The van der Waals surface area contributed by atoms with E-state index in [0.717, 1.165) is 9.35 Å². The average molecular weight is 652 g/mol. The fourth-order valence-electron chi connectivity index (χ4n) is 3.74. The van der Waals surface area contributed by atoms with Gasteiger partial charge in [0.05, 0.1) is 6.61 Å². The Morgan fingerprint density at radius 3 is 2.50 bits per heavy atom. The summed E-state index contributed by atoms with van der Waals surface area (Å²) in [7, 11) is 1.48. The minimum atomic E-state index is -5.08. The van der Waals surface area contributed by atoms with Crippen LogP contribution >= 0.6 is 34.9 Å². The van der Waals surface area contributed by atoms with Crippen LogP contribution in [0.2, 0.25) is 0 Å². The maximum Gasteiger partial charge on any atom is 0.490 e. The summed E-state index contributed by atoms with van der Waals surface area (Å²) in [5, 5.41) is 37.8. The van der Waals surface area contributed by atoms with Crippen LogP contribution in [0.3, 0.4) is 0 Å². The lowest BCUT2D eigenvalue weighted by molar-refractivity contribution is -0.192. The molecular weight excluding hydrogens is 627 g/mol. The predicted octanol–water partition coefficient (Wildman–Crippen LogP) is 1.86. The number of rotatable bonds is 9. The number of nitrogens with two attached hydrogens (primary N) is 1. The molecule has 228 valence electrons. The number of hydrogen-bond donors (Lipinski definition) is 5. The molecule has 19 heteroatoms. The van der Waals surface area contributed by atoms with Crippen molar-refractivity contribution in [3.05, 3.63) is 45.6 Å². The normalized spacial score (nSPS) is 18.8. The smallest absolute Gasteiger partial charge is 0.490 e. The van der Waals surface area contributed by atoms with Gasteiger partial charge in [-0.05, 0) is 30.2 Å². The van der Waals surface area contributed by atoms with Crippen LogP contribution in [0.4, 0.5) is 13.2 Å². The maximum atomic E-state index is 12.9. The number of halogens is 3. The highest BCUT2D eigenvalue weighted by Crippen LogP contribution is 2.42. The lowest BCUT2D eigenvalue weighted by atomic mass is 10.0. The van der Waals surface area contributed by atoms with Crippen molar-refractivity contribution in [3.8, 4) is 5.75 Å². The third-order valence-electron chi connectivity index (χ3n) is 5.71. The number of amides is 2. The molecular formula is C23H24F3N5O8S3. The standard InChI is InChI=1S/C21H23N5O6S3.C2HF3O2/c1-9-24-25-21(35-9)34-8-12-7-33-19-15(18(29)26(19)16(12)20(30)31)23-17(28)14(22)10-3-4-13(27)11(5-10)6-32-2;3-2(4,5)1(6)7/h3-5,14-15,19,27H,6-8,22H2,1-2H3,(H,23,28)(H,30,31);(H,6,7). The molecule has 13 nitrogen and oxygen atoms in total. The number of aromatic nitrogens is 2. The highest BCUT2D eigenvalue weighted by Gasteiger charge is 2.54. The van der Waals surface area contributed by atoms with Gasteiger partial charge in [-0.25, -0.2) is 9.59 Å². The van der Waals surface area contributed by atoms with Crippen LogP contribution < -0.4 is 11.1 Å². The van der Waals surface area contributed by atoms with E-state index in [1.54, 1.807) is 6.07 Å². The van der Waals surface area contributed by atoms with E-state index >= 15 is 0 Å². The lowest BCUT2D eigenvalue weighted by Gasteiger charge is -2.49. The van der Waals surface area contributed by atoms with Crippen molar-refractivity contribution in [2.45, 2.75) is 41.5 Å². The summed E-state index contributed by atoms with van der Waals surface area (Å²) in [5.41, 5.74) is 7.59. The number of thioether (sulfide) groups is 2. The molecule has 3 heterocycles. The van der Waals surface area contributed by atoms with Gasteiger partial charge in [-0.15, -0.1) is 22.0 Å². The molecule has 4 rings (SSSR count). The minimum absolute atomic E-state index is 0.0230. The molecule has 0 spiro atoms. The average Bonchev–Trinajstić information content (AvgIpc) is 3.35. The lowest BCUT2D eigenvalue weighted by Crippen LogP contribution is -2.71. The zero-order valence-electron chi connectivity index (χ0n) is 21.7. The van der Waals surface area contributed by atoms with E-state index in [0.29, 0.717) is 28.2 Å². The summed E-state index contributed by atoms with van der Waals surface area (Å²) in [6.07, 6.45) is -5.08. The molecule has 0 saturated carbocycles. The zero-order chi connectivity index (χ0) is 31.4. The van der Waals surface area contributed by atoms with E-state index in [1.165, 1.54) is 59.0 Å². The Morgan fingerprint density at radius 2 is 1.95 bits per heavy atom. The summed E-state index contributed by atoms with van der Waals surface area (Å²) in [6, 6.07) is 2.55. The van der Waals surface area contributed by atoms with Crippen LogP contribution in [0.5, 0.6) is 5.75 Å². The quantitative estimate of drug-likeness (QED) is 0.194. The van der Waals surface area contributed by atoms with Crippen molar-refractivity contribution < 1.29 is 52.4 Å². The number of aliphatic carboxylic acids is 2. The minimum Gasteiger partial charge on any atom is -0.508 e. The van der Waals surface area contributed by atoms with Crippen molar-refractivity contribution in [3.63, 3.8) is 0 Å². The number of alkyl halides is 3. The number of aryl methyl sites for hydroxylation is 1. The van der Waals surface area contributed by atoms with E-state index in [1.807, 2.05) is 6.92 Å². The van der Waals surface area contributed by atoms with Crippen molar-refractivity contribution in [1.29, 1.82) is 0 Å². The van der Waals surface area contributed by atoms with Gasteiger partial charge in [0.15, 0.2) is 4.34 Å². The first kappa shape index (κ1) is 33.1. The molecule has 2 aliphatic heterocycles. The van der Waals surface area contributed by atoms with Crippen molar-refractivity contribution in [2.75, 3.05) is 18.6 Å². The van der Waals surface area contributed by atoms with E-state index in [2.05, 4.69) is 15.5 Å². The first-order chi connectivity index (χ1) is 19.6. The summed E-state index contributed by atoms with van der Waals surface area (Å²) in [5.74, 6) is -4.23. The molecule has 0 bridgehead atoms. The number of carboxylic acids is 2. The molecule has 2 aliphatic rings. The first-order valence-corrected chi connectivity index (χ1v) is 14.5. The fraction of sp³-hybridized carbons (Fsp3) is 0.391. The van der Waals surface area contributed by atoms with Gasteiger partial charge in [0, 0.05) is 24.2 Å². The van der Waals surface area contributed by atoms with Gasteiger partial charge in [0.25, 0.3) is 5.91 Å². The second kappa shape index (κ2) is 13.7. The number of phenols is 1. The number of phenolic OH excluding ortho intramolecular Hbond substituents is 1. The molecule has 2 amide bonds. The van der Waals surface area contributed by atoms with Crippen molar-refractivity contribution in [2.24, 2.45) is 5.73 Å². The third kappa shape index (κ3) is 7.71. The highest BCUT2D eigenvalue weighted by molar-refractivity contribution is 8.01. The molecule has 3 unspecified atom stereocenters. The third-order valence-corrected chi connectivity index (χ3v) is 9.11. The molecule has 1 saturated heterocycles. The molecule has 3 atom stereocenters. The van der Waals surface area contributed by atoms with Gasteiger partial charge in [-0.3, -0.25) is 14.5 Å². The molecule has 0 radical (unpaired) electrons. The Hall–Kier alpha value is -3.39. The van der Waals surface area contributed by atoms with Gasteiger partial charge in [0.2, 0.25) is 5.91 Å². The number of β-lactam (4-membered cyclic amide) rings is 1. The zero-order valence-corrected chi connectivity index (χ0v) is 24.2. The maximum absolute atomic E-state index is 12.9. The molecule has 0 aliphatic carbocycles. The van der Waals surface area contributed by atoms with Gasteiger partial charge in [-0.2, -0.15) is 13.2 Å².